The molecule has 0 aromatic rings. The lowest BCUT2D eigenvalue weighted by molar-refractivity contribution is -0.621. The van der Waals surface area contributed by atoms with Gasteiger partial charge in [-0.25, -0.2) is 10.1 Å². The highest BCUT2D eigenvalue weighted by Crippen LogP contribution is 1.97. The standard InChI is InChI=1S/C3H8N2O5S/c1-2-3-4(5(6)7)11(8,9)10/h2-3H2,1H3,(H,8,9,10). The van der Waals surface area contributed by atoms with Crippen molar-refractivity contribution in [1.29, 1.82) is 0 Å². The van der Waals surface area contributed by atoms with Gasteiger partial charge in [0.1, 0.15) is 0 Å². The second kappa shape index (κ2) is 3.49. The van der Waals surface area contributed by atoms with Crippen molar-refractivity contribution in [3.8, 4) is 0 Å². The van der Waals surface area contributed by atoms with Crippen molar-refractivity contribution in [1.82, 2.24) is 4.41 Å². The summed E-state index contributed by atoms with van der Waals surface area (Å²) in [6.07, 6.45) is 0.265. The van der Waals surface area contributed by atoms with Crippen LogP contribution < -0.4 is 0 Å². The van der Waals surface area contributed by atoms with E-state index in [4.69, 9.17) is 4.55 Å². The van der Waals surface area contributed by atoms with E-state index in [0.717, 1.165) is 0 Å². The molecule has 11 heavy (non-hydrogen) atoms. The molecule has 0 aromatic heterocycles. The molecule has 0 rings (SSSR count). The molecule has 0 amide bonds. The van der Waals surface area contributed by atoms with E-state index in [2.05, 4.69) is 0 Å². The van der Waals surface area contributed by atoms with Crippen LogP contribution in [0.4, 0.5) is 0 Å². The van der Waals surface area contributed by atoms with Gasteiger partial charge in [0, 0.05) is 4.41 Å². The van der Waals surface area contributed by atoms with E-state index in [-0.39, 0.29) is 17.4 Å². The minimum Gasteiger partial charge on any atom is -0.265 e. The lowest BCUT2D eigenvalue weighted by atomic mass is 10.5. The number of rotatable bonds is 4. The van der Waals surface area contributed by atoms with Crippen molar-refractivity contribution >= 4 is 10.3 Å². The van der Waals surface area contributed by atoms with Gasteiger partial charge < -0.3 is 0 Å². The molecule has 0 fully saturated rings. The summed E-state index contributed by atoms with van der Waals surface area (Å²) >= 11 is 0. The van der Waals surface area contributed by atoms with E-state index in [9.17, 15) is 18.5 Å². The highest BCUT2D eigenvalue weighted by Gasteiger charge is 2.26. The third-order valence-corrected chi connectivity index (χ3v) is 1.71. The Bertz CT molecular complexity index is 234. The Morgan fingerprint density at radius 2 is 2.09 bits per heavy atom. The fourth-order valence-electron chi connectivity index (χ4n) is 0.473. The van der Waals surface area contributed by atoms with Crippen molar-refractivity contribution in [3.63, 3.8) is 0 Å². The van der Waals surface area contributed by atoms with E-state index >= 15 is 0 Å². The summed E-state index contributed by atoms with van der Waals surface area (Å²) in [7, 11) is -4.69. The molecule has 0 atom stereocenters. The topological polar surface area (TPSA) is 101 Å². The van der Waals surface area contributed by atoms with Crippen LogP contribution in [0.5, 0.6) is 0 Å². The molecule has 0 aliphatic heterocycles. The molecule has 0 heterocycles. The van der Waals surface area contributed by atoms with Crippen LogP contribution in [0.15, 0.2) is 0 Å². The summed E-state index contributed by atoms with van der Waals surface area (Å²) in [6.45, 7) is 1.23. The molecule has 0 radical (unpaired) electrons. The van der Waals surface area contributed by atoms with Crippen molar-refractivity contribution in [3.05, 3.63) is 10.1 Å². The van der Waals surface area contributed by atoms with Crippen LogP contribution >= 0.6 is 0 Å². The van der Waals surface area contributed by atoms with E-state index in [1.165, 1.54) is 0 Å². The lowest BCUT2D eigenvalue weighted by Crippen LogP contribution is -2.36. The Morgan fingerprint density at radius 3 is 2.18 bits per heavy atom. The van der Waals surface area contributed by atoms with Crippen LogP contribution in [0, 0.1) is 10.1 Å². The van der Waals surface area contributed by atoms with Gasteiger partial charge in [-0.3, -0.25) is 4.55 Å². The second-order valence-corrected chi connectivity index (χ2v) is 3.08. The third kappa shape index (κ3) is 3.14. The zero-order chi connectivity index (χ0) is 9.07. The van der Waals surface area contributed by atoms with Gasteiger partial charge >= 0.3 is 10.3 Å². The first-order chi connectivity index (χ1) is 4.89. The Hall–Kier alpha value is -0.890. The van der Waals surface area contributed by atoms with E-state index < -0.39 is 15.3 Å². The predicted molar refractivity (Wildman–Crippen MR) is 35.5 cm³/mol. The molecule has 66 valence electrons. The molecule has 0 aliphatic rings. The van der Waals surface area contributed by atoms with E-state index in [0.29, 0.717) is 0 Å². The molecule has 0 saturated carbocycles. The summed E-state index contributed by atoms with van der Waals surface area (Å²) in [5.41, 5.74) is 0. The second-order valence-electron chi connectivity index (χ2n) is 1.76. The van der Waals surface area contributed by atoms with Crippen molar-refractivity contribution in [2.75, 3.05) is 6.54 Å². The normalized spacial score (nSPS) is 11.1. The molecule has 0 aromatic carbocycles. The van der Waals surface area contributed by atoms with Crippen molar-refractivity contribution < 1.29 is 18.0 Å². The van der Waals surface area contributed by atoms with Crippen LogP contribution in [0.25, 0.3) is 0 Å². The molecular weight excluding hydrogens is 176 g/mol. The smallest absolute Gasteiger partial charge is 0.265 e. The minimum atomic E-state index is -4.69. The first-order valence-corrected chi connectivity index (χ1v) is 4.18. The average molecular weight is 184 g/mol. The summed E-state index contributed by atoms with van der Waals surface area (Å²) in [5.74, 6) is 0. The highest BCUT2D eigenvalue weighted by atomic mass is 32.2. The Kier molecular flexibility index (Phi) is 3.20. The van der Waals surface area contributed by atoms with Gasteiger partial charge in [0.15, 0.2) is 5.03 Å². The van der Waals surface area contributed by atoms with Gasteiger partial charge in [0.2, 0.25) is 0 Å². The Balaban J connectivity index is 4.49. The molecule has 7 nitrogen and oxygen atoms in total. The number of hydrogen-bond donors (Lipinski definition) is 1. The number of nitrogens with zero attached hydrogens (tertiary/aromatic N) is 2. The molecule has 0 aliphatic carbocycles. The van der Waals surface area contributed by atoms with E-state index in [1.54, 1.807) is 6.92 Å². The fraction of sp³-hybridized carbons (Fsp3) is 1.00. The Labute approximate surface area is 63.6 Å². The molecule has 0 unspecified atom stereocenters. The zero-order valence-electron chi connectivity index (χ0n) is 5.80. The van der Waals surface area contributed by atoms with Gasteiger partial charge in [-0.05, 0) is 6.42 Å². The monoisotopic (exact) mass is 184 g/mol. The van der Waals surface area contributed by atoms with Gasteiger partial charge in [0.25, 0.3) is 0 Å². The predicted octanol–water partition coefficient (Wildman–Crippen LogP) is -0.307. The van der Waals surface area contributed by atoms with Gasteiger partial charge in [-0.15, -0.1) is 0 Å². The number of hydrogen-bond acceptors (Lipinski definition) is 4. The van der Waals surface area contributed by atoms with Crippen LogP contribution in [-0.2, 0) is 10.3 Å². The van der Waals surface area contributed by atoms with Crippen LogP contribution in [0.3, 0.4) is 0 Å². The van der Waals surface area contributed by atoms with Crippen molar-refractivity contribution in [2.24, 2.45) is 0 Å². The maximum Gasteiger partial charge on any atom is 0.410 e. The van der Waals surface area contributed by atoms with Crippen molar-refractivity contribution in [2.45, 2.75) is 13.3 Å². The third-order valence-electron chi connectivity index (χ3n) is 0.863. The van der Waals surface area contributed by atoms with E-state index in [1.807, 2.05) is 0 Å². The van der Waals surface area contributed by atoms with Crippen LogP contribution in [0.2, 0.25) is 0 Å². The number of nitro groups is 1. The van der Waals surface area contributed by atoms with Gasteiger partial charge in [0.05, 0.1) is 6.54 Å². The highest BCUT2D eigenvalue weighted by molar-refractivity contribution is 7.83. The SMILES string of the molecule is CCCN([N+](=O)[O-])S(=O)(=O)O. The maximum atomic E-state index is 10.2. The van der Waals surface area contributed by atoms with Gasteiger partial charge in [-0.2, -0.15) is 8.42 Å². The van der Waals surface area contributed by atoms with Crippen LogP contribution in [-0.4, -0.2) is 29.0 Å². The molecule has 0 spiro atoms. The quantitative estimate of drug-likeness (QED) is 0.367. The number of hydrazine groups is 1. The molecule has 8 heteroatoms. The first kappa shape index (κ1) is 10.1. The largest absolute Gasteiger partial charge is 0.410 e. The average Bonchev–Trinajstić information content (AvgIpc) is 1.79. The molecular formula is C3H8N2O5S. The van der Waals surface area contributed by atoms with Gasteiger partial charge in [-0.1, -0.05) is 6.92 Å². The maximum absolute atomic E-state index is 10.2. The molecule has 1 N–H and O–H groups in total. The summed E-state index contributed by atoms with van der Waals surface area (Å²) in [6, 6.07) is 0. The lowest BCUT2D eigenvalue weighted by Gasteiger charge is -2.07. The molecule has 0 bridgehead atoms. The minimum absolute atomic E-state index is 0.215. The fourth-order valence-corrected chi connectivity index (χ4v) is 1.05. The summed E-state index contributed by atoms with van der Waals surface area (Å²) in [5, 5.41) is 8.76. The summed E-state index contributed by atoms with van der Waals surface area (Å²) < 4.78 is 28.4. The molecule has 0 saturated heterocycles. The first-order valence-electron chi connectivity index (χ1n) is 2.79. The summed E-state index contributed by atoms with van der Waals surface area (Å²) in [4.78, 5) is 9.93. The Morgan fingerprint density at radius 1 is 1.64 bits per heavy atom. The van der Waals surface area contributed by atoms with Crippen LogP contribution in [0.1, 0.15) is 13.3 Å². The zero-order valence-corrected chi connectivity index (χ0v) is 6.61.